The molecule has 7 heteroatoms. The van der Waals surface area contributed by atoms with E-state index in [-0.39, 0.29) is 42.4 Å². The number of hydrogen-bond acceptors (Lipinski definition) is 4. The highest BCUT2D eigenvalue weighted by molar-refractivity contribution is 5.94. The van der Waals surface area contributed by atoms with Crippen LogP contribution in [0.5, 0.6) is 5.75 Å². The minimum absolute atomic E-state index is 0. The van der Waals surface area contributed by atoms with Crippen molar-refractivity contribution in [2.45, 2.75) is 52.2 Å². The number of amides is 1. The van der Waals surface area contributed by atoms with Crippen LogP contribution in [0.15, 0.2) is 18.3 Å². The summed E-state index contributed by atoms with van der Waals surface area (Å²) in [6.07, 6.45) is 3.19. The molecule has 128 valence electrons. The van der Waals surface area contributed by atoms with E-state index in [2.05, 4.69) is 10.3 Å². The molecule has 0 fully saturated rings. The molecule has 0 aliphatic heterocycles. The molecule has 0 aromatic carbocycles. The lowest BCUT2D eigenvalue weighted by Gasteiger charge is -2.26. The van der Waals surface area contributed by atoms with Gasteiger partial charge in [0.05, 0.1) is 6.10 Å². The Morgan fingerprint density at radius 3 is 2.45 bits per heavy atom. The molecule has 0 spiro atoms. The van der Waals surface area contributed by atoms with Crippen LogP contribution in [0.3, 0.4) is 0 Å². The molecular weight excluding hydrogens is 325 g/mol. The largest absolute Gasteiger partial charge is 0.489 e. The van der Waals surface area contributed by atoms with Crippen molar-refractivity contribution in [1.82, 2.24) is 10.3 Å². The molecule has 0 unspecified atom stereocenters. The molecule has 1 amide bonds. The van der Waals surface area contributed by atoms with Crippen LogP contribution in [0, 0.1) is 0 Å². The zero-order valence-corrected chi connectivity index (χ0v) is 15.2. The molecule has 0 radical (unpaired) electrons. The number of nitrogens with two attached hydrogens (primary N) is 1. The molecule has 0 aliphatic carbocycles. The summed E-state index contributed by atoms with van der Waals surface area (Å²) in [5, 5.41) is 2.85. The second-order valence-electron chi connectivity index (χ2n) is 5.27. The lowest BCUT2D eigenvalue weighted by atomic mass is 9.94. The first kappa shape index (κ1) is 23.2. The second-order valence-corrected chi connectivity index (χ2v) is 5.27. The van der Waals surface area contributed by atoms with Crippen LogP contribution in [0.4, 0.5) is 0 Å². The van der Waals surface area contributed by atoms with Crippen molar-refractivity contribution in [2.24, 2.45) is 5.73 Å². The van der Waals surface area contributed by atoms with Crippen molar-refractivity contribution in [2.75, 3.05) is 6.54 Å². The van der Waals surface area contributed by atoms with Crippen molar-refractivity contribution in [3.8, 4) is 5.75 Å². The molecule has 1 rings (SSSR count). The number of carbonyl (C=O) groups excluding carboxylic acids is 1. The summed E-state index contributed by atoms with van der Waals surface area (Å²) < 4.78 is 5.60. The number of hydrogen-bond donors (Lipinski definition) is 2. The van der Waals surface area contributed by atoms with Gasteiger partial charge >= 0.3 is 0 Å². The van der Waals surface area contributed by atoms with Gasteiger partial charge in [0.25, 0.3) is 5.91 Å². The van der Waals surface area contributed by atoms with Gasteiger partial charge in [-0.1, -0.05) is 13.8 Å². The number of aromatic nitrogens is 1. The van der Waals surface area contributed by atoms with E-state index >= 15 is 0 Å². The SMILES string of the molecule is CCC(N)(CC)CNC(=O)c1ncccc1OC(C)C.Cl.Cl. The number of nitrogens with one attached hydrogen (secondary N) is 1. The van der Waals surface area contributed by atoms with Crippen LogP contribution in [-0.4, -0.2) is 29.1 Å². The summed E-state index contributed by atoms with van der Waals surface area (Å²) in [4.78, 5) is 16.3. The average Bonchev–Trinajstić information content (AvgIpc) is 2.44. The number of pyridine rings is 1. The predicted molar refractivity (Wildman–Crippen MR) is 94.3 cm³/mol. The van der Waals surface area contributed by atoms with Gasteiger partial charge in [0.1, 0.15) is 0 Å². The number of nitrogens with zero attached hydrogens (tertiary/aromatic N) is 1. The maximum absolute atomic E-state index is 12.2. The van der Waals surface area contributed by atoms with Crippen LogP contribution >= 0.6 is 24.8 Å². The van der Waals surface area contributed by atoms with E-state index in [4.69, 9.17) is 10.5 Å². The van der Waals surface area contributed by atoms with E-state index < -0.39 is 0 Å². The van der Waals surface area contributed by atoms with E-state index in [0.29, 0.717) is 18.0 Å². The normalized spacial score (nSPS) is 10.5. The molecule has 0 saturated heterocycles. The molecule has 3 N–H and O–H groups in total. The van der Waals surface area contributed by atoms with Crippen LogP contribution in [0.2, 0.25) is 0 Å². The number of rotatable bonds is 7. The maximum atomic E-state index is 12.2. The first-order valence-corrected chi connectivity index (χ1v) is 7.10. The first-order chi connectivity index (χ1) is 9.41. The Balaban J connectivity index is 0. The lowest BCUT2D eigenvalue weighted by Crippen LogP contribution is -2.49. The van der Waals surface area contributed by atoms with Gasteiger partial charge in [0.2, 0.25) is 0 Å². The van der Waals surface area contributed by atoms with Gasteiger partial charge in [-0.25, -0.2) is 4.98 Å². The maximum Gasteiger partial charge on any atom is 0.273 e. The van der Waals surface area contributed by atoms with Gasteiger partial charge in [-0.15, -0.1) is 24.8 Å². The first-order valence-electron chi connectivity index (χ1n) is 7.10. The van der Waals surface area contributed by atoms with Crippen LogP contribution in [0.1, 0.15) is 51.0 Å². The third kappa shape index (κ3) is 6.81. The van der Waals surface area contributed by atoms with Gasteiger partial charge in [-0.3, -0.25) is 4.79 Å². The van der Waals surface area contributed by atoms with Crippen LogP contribution in [0.25, 0.3) is 0 Å². The summed E-state index contributed by atoms with van der Waals surface area (Å²) in [6.45, 7) is 8.28. The summed E-state index contributed by atoms with van der Waals surface area (Å²) in [5.74, 6) is 0.244. The molecule has 1 heterocycles. The fraction of sp³-hybridized carbons (Fsp3) is 0.600. The van der Waals surface area contributed by atoms with Gasteiger partial charge in [-0.05, 0) is 38.8 Å². The Hall–Kier alpha value is -1.04. The van der Waals surface area contributed by atoms with Crippen molar-refractivity contribution in [1.29, 1.82) is 0 Å². The molecule has 5 nitrogen and oxygen atoms in total. The molecule has 0 bridgehead atoms. The monoisotopic (exact) mass is 351 g/mol. The quantitative estimate of drug-likeness (QED) is 0.791. The molecular formula is C15H27Cl2N3O2. The van der Waals surface area contributed by atoms with Crippen molar-refractivity contribution in [3.05, 3.63) is 24.0 Å². The van der Waals surface area contributed by atoms with Gasteiger partial charge in [0.15, 0.2) is 11.4 Å². The minimum atomic E-state index is -0.372. The highest BCUT2D eigenvalue weighted by Crippen LogP contribution is 2.17. The lowest BCUT2D eigenvalue weighted by molar-refractivity contribution is 0.0930. The molecule has 1 aromatic rings. The predicted octanol–water partition coefficient (Wildman–Crippen LogP) is 2.96. The molecule has 1 aromatic heterocycles. The highest BCUT2D eigenvalue weighted by atomic mass is 35.5. The Morgan fingerprint density at radius 2 is 1.95 bits per heavy atom. The van der Waals surface area contributed by atoms with E-state index in [1.807, 2.05) is 27.7 Å². The van der Waals surface area contributed by atoms with Gasteiger partial charge in [0, 0.05) is 18.3 Å². The smallest absolute Gasteiger partial charge is 0.273 e. The van der Waals surface area contributed by atoms with Crippen molar-refractivity contribution < 1.29 is 9.53 Å². The van der Waals surface area contributed by atoms with Crippen LogP contribution in [-0.2, 0) is 0 Å². The Kier molecular flexibility index (Phi) is 11.2. The van der Waals surface area contributed by atoms with Crippen molar-refractivity contribution >= 4 is 30.7 Å². The fourth-order valence-corrected chi connectivity index (χ4v) is 1.75. The third-order valence-electron chi connectivity index (χ3n) is 3.36. The fourth-order valence-electron chi connectivity index (χ4n) is 1.75. The number of carbonyl (C=O) groups is 1. The summed E-state index contributed by atoms with van der Waals surface area (Å²) in [5.41, 5.74) is 6.11. The zero-order chi connectivity index (χ0) is 15.2. The van der Waals surface area contributed by atoms with E-state index in [0.717, 1.165) is 12.8 Å². The molecule has 0 saturated carbocycles. The van der Waals surface area contributed by atoms with E-state index in [9.17, 15) is 4.79 Å². The van der Waals surface area contributed by atoms with E-state index in [1.54, 1.807) is 18.3 Å². The topological polar surface area (TPSA) is 77.2 Å². The molecule has 22 heavy (non-hydrogen) atoms. The van der Waals surface area contributed by atoms with Gasteiger partial charge < -0.3 is 15.8 Å². The number of halogens is 2. The summed E-state index contributed by atoms with van der Waals surface area (Å²) in [7, 11) is 0. The third-order valence-corrected chi connectivity index (χ3v) is 3.36. The molecule has 0 atom stereocenters. The molecule has 0 aliphatic rings. The highest BCUT2D eigenvalue weighted by Gasteiger charge is 2.22. The standard InChI is InChI=1S/C15H25N3O2.2ClH/c1-5-15(16,6-2)10-18-14(19)13-12(20-11(3)4)8-7-9-17-13;;/h7-9,11H,5-6,10,16H2,1-4H3,(H,18,19);2*1H. The van der Waals surface area contributed by atoms with Crippen LogP contribution < -0.4 is 15.8 Å². The Bertz CT molecular complexity index is 452. The Morgan fingerprint density at radius 1 is 1.36 bits per heavy atom. The number of ether oxygens (including phenoxy) is 1. The second kappa shape index (κ2) is 10.6. The van der Waals surface area contributed by atoms with Gasteiger partial charge in [-0.2, -0.15) is 0 Å². The van der Waals surface area contributed by atoms with Crippen molar-refractivity contribution in [3.63, 3.8) is 0 Å². The summed E-state index contributed by atoms with van der Waals surface area (Å²) in [6, 6.07) is 3.50. The van der Waals surface area contributed by atoms with E-state index in [1.165, 1.54) is 0 Å². The average molecular weight is 352 g/mol. The zero-order valence-electron chi connectivity index (χ0n) is 13.6. The Labute approximate surface area is 145 Å². The minimum Gasteiger partial charge on any atom is -0.489 e. The summed E-state index contributed by atoms with van der Waals surface area (Å²) >= 11 is 0.